The maximum Gasteiger partial charge on any atom is 0.188 e. The summed E-state index contributed by atoms with van der Waals surface area (Å²) in [6.45, 7) is 0.502. The van der Waals surface area contributed by atoms with Crippen molar-refractivity contribution in [2.24, 2.45) is 0 Å². The fraction of sp³-hybridized carbons (Fsp3) is 0.143. The van der Waals surface area contributed by atoms with Gasteiger partial charge in [-0.15, -0.1) is 0 Å². The number of nitrogens with one attached hydrogen (secondary N) is 2. The maximum absolute atomic E-state index is 8.94. The van der Waals surface area contributed by atoms with Crippen molar-refractivity contribution in [2.45, 2.75) is 23.2 Å². The van der Waals surface area contributed by atoms with Crippen molar-refractivity contribution in [3.05, 3.63) is 54.2 Å². The summed E-state index contributed by atoms with van der Waals surface area (Å²) in [6, 6.07) is 11.6. The van der Waals surface area contributed by atoms with Crippen LogP contribution in [0.1, 0.15) is 11.5 Å². The first-order chi connectivity index (χ1) is 10.3. The molecule has 3 rings (SSSR count). The highest BCUT2D eigenvalue weighted by molar-refractivity contribution is 7.99. The first-order valence-corrected chi connectivity index (χ1v) is 7.21. The van der Waals surface area contributed by atoms with Crippen molar-refractivity contribution >= 4 is 17.4 Å². The van der Waals surface area contributed by atoms with E-state index in [4.69, 9.17) is 9.52 Å². The molecule has 0 spiro atoms. The summed E-state index contributed by atoms with van der Waals surface area (Å²) in [5, 5.41) is 19.6. The largest absolute Gasteiger partial charge is 0.462 e. The minimum absolute atomic E-state index is 0.0758. The molecule has 0 fully saturated rings. The molecule has 3 aromatic rings. The molecule has 6 nitrogen and oxygen atoms in total. The Morgan fingerprint density at radius 1 is 1.14 bits per heavy atom. The number of aromatic nitrogens is 3. The first kappa shape index (κ1) is 13.7. The molecule has 0 saturated carbocycles. The van der Waals surface area contributed by atoms with Crippen LogP contribution in [-0.2, 0) is 13.2 Å². The number of hydrogen-bond acceptors (Lipinski definition) is 6. The van der Waals surface area contributed by atoms with Gasteiger partial charge in [0, 0.05) is 10.6 Å². The van der Waals surface area contributed by atoms with E-state index in [0.29, 0.717) is 12.3 Å². The predicted octanol–water partition coefficient (Wildman–Crippen LogP) is 2.65. The summed E-state index contributed by atoms with van der Waals surface area (Å²) in [5.74, 6) is 1.37. The molecule has 2 aromatic heterocycles. The Kier molecular flexibility index (Phi) is 4.23. The van der Waals surface area contributed by atoms with Gasteiger partial charge >= 0.3 is 0 Å². The summed E-state index contributed by atoms with van der Waals surface area (Å²) >= 11 is 1.52. The van der Waals surface area contributed by atoms with Crippen molar-refractivity contribution in [1.29, 1.82) is 0 Å². The van der Waals surface area contributed by atoms with Crippen molar-refractivity contribution in [3.63, 3.8) is 0 Å². The Morgan fingerprint density at radius 3 is 2.62 bits per heavy atom. The summed E-state index contributed by atoms with van der Waals surface area (Å²) in [4.78, 5) is 5.15. The van der Waals surface area contributed by atoms with Crippen LogP contribution in [0.5, 0.6) is 0 Å². The number of benzene rings is 1. The quantitative estimate of drug-likeness (QED) is 0.649. The molecule has 21 heavy (non-hydrogen) atoms. The minimum Gasteiger partial charge on any atom is -0.462 e. The molecule has 0 aliphatic rings. The smallest absolute Gasteiger partial charge is 0.188 e. The molecule has 2 heterocycles. The Labute approximate surface area is 125 Å². The van der Waals surface area contributed by atoms with Crippen LogP contribution >= 0.6 is 11.8 Å². The van der Waals surface area contributed by atoms with Gasteiger partial charge in [-0.3, -0.25) is 5.10 Å². The van der Waals surface area contributed by atoms with Gasteiger partial charge in [-0.2, -0.15) is 5.10 Å². The molecule has 0 amide bonds. The molecular formula is C14H14N4O2S. The van der Waals surface area contributed by atoms with E-state index >= 15 is 0 Å². The summed E-state index contributed by atoms with van der Waals surface area (Å²) < 4.78 is 5.41. The minimum atomic E-state index is -0.0758. The molecular weight excluding hydrogens is 288 g/mol. The molecule has 0 bridgehead atoms. The fourth-order valence-electron chi connectivity index (χ4n) is 1.79. The monoisotopic (exact) mass is 302 g/mol. The molecule has 0 aliphatic carbocycles. The molecule has 1 aromatic carbocycles. The molecule has 0 saturated heterocycles. The zero-order chi connectivity index (χ0) is 14.5. The number of aromatic amines is 1. The van der Waals surface area contributed by atoms with Crippen LogP contribution in [0.3, 0.4) is 0 Å². The van der Waals surface area contributed by atoms with Crippen molar-refractivity contribution < 1.29 is 9.52 Å². The highest BCUT2D eigenvalue weighted by Gasteiger charge is 2.02. The highest BCUT2D eigenvalue weighted by atomic mass is 32.2. The van der Waals surface area contributed by atoms with Gasteiger partial charge in [0.05, 0.1) is 6.54 Å². The standard InChI is InChI=1S/C14H14N4O2S/c19-8-12-4-3-11(20-12)7-15-10-1-5-13(6-2-10)21-14-16-9-17-18-14/h1-6,9,15,19H,7-8H2,(H,16,17,18). The second kappa shape index (κ2) is 6.47. The average Bonchev–Trinajstić information content (AvgIpc) is 3.18. The Hall–Kier alpha value is -2.25. The normalized spacial score (nSPS) is 10.7. The number of nitrogens with zero attached hydrogens (tertiary/aromatic N) is 2. The molecule has 3 N–H and O–H groups in total. The molecule has 0 aliphatic heterocycles. The van der Waals surface area contributed by atoms with Gasteiger partial charge in [0.25, 0.3) is 0 Å². The van der Waals surface area contributed by atoms with Crippen LogP contribution in [0.15, 0.2) is 57.2 Å². The number of anilines is 1. The number of rotatable bonds is 6. The first-order valence-electron chi connectivity index (χ1n) is 6.39. The van der Waals surface area contributed by atoms with Crippen LogP contribution < -0.4 is 5.32 Å². The predicted molar refractivity (Wildman–Crippen MR) is 78.9 cm³/mol. The molecule has 0 radical (unpaired) electrons. The summed E-state index contributed by atoms with van der Waals surface area (Å²) in [6.07, 6.45) is 1.49. The molecule has 0 unspecified atom stereocenters. The number of H-pyrrole nitrogens is 1. The van der Waals surface area contributed by atoms with Crippen LogP contribution in [-0.4, -0.2) is 20.3 Å². The summed E-state index contributed by atoms with van der Waals surface area (Å²) in [7, 11) is 0. The second-order valence-corrected chi connectivity index (χ2v) is 5.36. The Balaban J connectivity index is 1.56. The van der Waals surface area contributed by atoms with Gasteiger partial charge in [0.2, 0.25) is 0 Å². The van der Waals surface area contributed by atoms with Gasteiger partial charge in [-0.1, -0.05) is 11.8 Å². The van der Waals surface area contributed by atoms with Gasteiger partial charge < -0.3 is 14.8 Å². The number of hydrogen-bond donors (Lipinski definition) is 3. The zero-order valence-corrected chi connectivity index (χ0v) is 11.9. The van der Waals surface area contributed by atoms with Crippen molar-refractivity contribution in [3.8, 4) is 0 Å². The number of furan rings is 1. The second-order valence-electron chi connectivity index (χ2n) is 4.30. The topological polar surface area (TPSA) is 87.0 Å². The van der Waals surface area contributed by atoms with E-state index in [2.05, 4.69) is 20.5 Å². The van der Waals surface area contributed by atoms with Gasteiger partial charge in [-0.25, -0.2) is 4.98 Å². The van der Waals surface area contributed by atoms with Crippen LogP contribution in [0, 0.1) is 0 Å². The van der Waals surface area contributed by atoms with E-state index in [0.717, 1.165) is 21.5 Å². The van der Waals surface area contributed by atoms with Gasteiger partial charge in [0.1, 0.15) is 24.5 Å². The fourth-order valence-corrected chi connectivity index (χ4v) is 2.48. The van der Waals surface area contributed by atoms with Gasteiger partial charge in [-0.05, 0) is 36.4 Å². The van der Waals surface area contributed by atoms with E-state index in [9.17, 15) is 0 Å². The zero-order valence-electron chi connectivity index (χ0n) is 11.1. The third-order valence-electron chi connectivity index (χ3n) is 2.80. The lowest BCUT2D eigenvalue weighted by Gasteiger charge is -2.05. The van der Waals surface area contributed by atoms with E-state index in [1.54, 1.807) is 6.07 Å². The van der Waals surface area contributed by atoms with Crippen molar-refractivity contribution in [2.75, 3.05) is 5.32 Å². The van der Waals surface area contributed by atoms with Crippen LogP contribution in [0.4, 0.5) is 5.69 Å². The van der Waals surface area contributed by atoms with Gasteiger partial charge in [0.15, 0.2) is 5.16 Å². The van der Waals surface area contributed by atoms with E-state index in [1.807, 2.05) is 30.3 Å². The Morgan fingerprint density at radius 2 is 1.95 bits per heavy atom. The third-order valence-corrected chi connectivity index (χ3v) is 3.70. The van der Waals surface area contributed by atoms with E-state index < -0.39 is 0 Å². The highest BCUT2D eigenvalue weighted by Crippen LogP contribution is 2.25. The number of aliphatic hydroxyl groups is 1. The molecule has 108 valence electrons. The lowest BCUT2D eigenvalue weighted by molar-refractivity contribution is 0.244. The lowest BCUT2D eigenvalue weighted by atomic mass is 10.3. The third kappa shape index (κ3) is 3.65. The van der Waals surface area contributed by atoms with Crippen LogP contribution in [0.25, 0.3) is 0 Å². The van der Waals surface area contributed by atoms with Crippen molar-refractivity contribution in [1.82, 2.24) is 15.2 Å². The van der Waals surface area contributed by atoms with Crippen LogP contribution in [0.2, 0.25) is 0 Å². The van der Waals surface area contributed by atoms with E-state index in [-0.39, 0.29) is 6.61 Å². The number of aliphatic hydroxyl groups excluding tert-OH is 1. The van der Waals surface area contributed by atoms with E-state index in [1.165, 1.54) is 18.1 Å². The SMILES string of the molecule is OCc1ccc(CNc2ccc(Sc3ncn[nH]3)cc2)o1. The molecule has 7 heteroatoms. The Bertz CT molecular complexity index is 679. The summed E-state index contributed by atoms with van der Waals surface area (Å²) in [5.41, 5.74) is 0.999. The average molecular weight is 302 g/mol. The molecule has 0 atom stereocenters. The maximum atomic E-state index is 8.94. The lowest BCUT2D eigenvalue weighted by Crippen LogP contribution is -1.97.